The average molecular weight is 265 g/mol. The van der Waals surface area contributed by atoms with E-state index in [1.165, 1.54) is 6.26 Å². The Morgan fingerprint density at radius 1 is 1.32 bits per heavy atom. The van der Waals surface area contributed by atoms with E-state index < -0.39 is 6.04 Å². The monoisotopic (exact) mass is 265 g/mol. The highest BCUT2D eigenvalue weighted by Crippen LogP contribution is 2.04. The van der Waals surface area contributed by atoms with Gasteiger partial charge in [0.25, 0.3) is 5.91 Å². The first-order valence-electron chi connectivity index (χ1n) is 6.39. The molecule has 0 radical (unpaired) electrons. The molecular formula is C13H19N3O3. The molecule has 1 aromatic rings. The molecule has 1 atom stereocenters. The summed E-state index contributed by atoms with van der Waals surface area (Å²) in [5, 5.41) is 2.65. The van der Waals surface area contributed by atoms with E-state index in [9.17, 15) is 9.59 Å². The van der Waals surface area contributed by atoms with Crippen molar-refractivity contribution < 1.29 is 14.0 Å². The summed E-state index contributed by atoms with van der Waals surface area (Å²) in [6.45, 7) is 4.84. The molecule has 1 aliphatic heterocycles. The van der Waals surface area contributed by atoms with Crippen molar-refractivity contribution in [3.63, 3.8) is 0 Å². The van der Waals surface area contributed by atoms with Crippen molar-refractivity contribution in [1.82, 2.24) is 15.1 Å². The lowest BCUT2D eigenvalue weighted by atomic mass is 10.2. The van der Waals surface area contributed by atoms with Gasteiger partial charge in [0.2, 0.25) is 5.91 Å². The molecular weight excluding hydrogens is 246 g/mol. The van der Waals surface area contributed by atoms with Crippen LogP contribution in [0.3, 0.4) is 0 Å². The predicted molar refractivity (Wildman–Crippen MR) is 69.7 cm³/mol. The highest BCUT2D eigenvalue weighted by molar-refractivity contribution is 5.95. The van der Waals surface area contributed by atoms with Crippen LogP contribution in [0.4, 0.5) is 0 Å². The summed E-state index contributed by atoms with van der Waals surface area (Å²) in [5.41, 5.74) is 0. The Morgan fingerprint density at radius 3 is 2.58 bits per heavy atom. The zero-order valence-electron chi connectivity index (χ0n) is 11.3. The van der Waals surface area contributed by atoms with Gasteiger partial charge in [0.1, 0.15) is 6.04 Å². The lowest BCUT2D eigenvalue weighted by Crippen LogP contribution is -2.53. The molecule has 0 spiro atoms. The fourth-order valence-corrected chi connectivity index (χ4v) is 2.04. The average Bonchev–Trinajstić information content (AvgIpc) is 2.92. The largest absolute Gasteiger partial charge is 0.459 e. The fourth-order valence-electron chi connectivity index (χ4n) is 2.04. The number of carbonyl (C=O) groups excluding carboxylic acids is 2. The van der Waals surface area contributed by atoms with Crippen LogP contribution in [-0.4, -0.2) is 60.9 Å². The first-order valence-corrected chi connectivity index (χ1v) is 6.39. The molecule has 1 saturated heterocycles. The van der Waals surface area contributed by atoms with Crippen molar-refractivity contribution in [2.24, 2.45) is 0 Å². The number of furan rings is 1. The van der Waals surface area contributed by atoms with E-state index in [0.29, 0.717) is 13.1 Å². The molecule has 2 heterocycles. The van der Waals surface area contributed by atoms with E-state index in [0.717, 1.165) is 13.1 Å². The van der Waals surface area contributed by atoms with Gasteiger partial charge in [-0.2, -0.15) is 0 Å². The maximum atomic E-state index is 12.2. The molecule has 0 saturated carbocycles. The van der Waals surface area contributed by atoms with Crippen molar-refractivity contribution in [2.45, 2.75) is 13.0 Å². The Balaban J connectivity index is 1.87. The Bertz CT molecular complexity index is 436. The normalized spacial score (nSPS) is 18.1. The molecule has 1 fully saturated rings. The van der Waals surface area contributed by atoms with Crippen LogP contribution in [-0.2, 0) is 4.79 Å². The van der Waals surface area contributed by atoms with Gasteiger partial charge in [0.15, 0.2) is 5.76 Å². The first-order chi connectivity index (χ1) is 9.08. The number of nitrogens with zero attached hydrogens (tertiary/aromatic N) is 2. The maximum Gasteiger partial charge on any atom is 0.287 e. The number of piperazine rings is 1. The summed E-state index contributed by atoms with van der Waals surface area (Å²) < 4.78 is 4.99. The van der Waals surface area contributed by atoms with Gasteiger partial charge in [0, 0.05) is 26.2 Å². The number of hydrogen-bond acceptors (Lipinski definition) is 4. The molecule has 2 amide bonds. The zero-order valence-corrected chi connectivity index (χ0v) is 11.3. The van der Waals surface area contributed by atoms with Crippen LogP contribution in [0, 0.1) is 0 Å². The van der Waals surface area contributed by atoms with E-state index in [-0.39, 0.29) is 17.6 Å². The van der Waals surface area contributed by atoms with Crippen molar-refractivity contribution >= 4 is 11.8 Å². The third-order valence-electron chi connectivity index (χ3n) is 3.28. The molecule has 0 aliphatic carbocycles. The number of carbonyl (C=O) groups is 2. The van der Waals surface area contributed by atoms with Crippen molar-refractivity contribution in [3.05, 3.63) is 24.2 Å². The molecule has 1 N–H and O–H groups in total. The smallest absolute Gasteiger partial charge is 0.287 e. The standard InChI is InChI=1S/C13H19N3O3/c1-10(14-12(17)11-4-3-9-19-11)13(18)16-7-5-15(2)6-8-16/h3-4,9-10H,5-8H2,1-2H3,(H,14,17). The van der Waals surface area contributed by atoms with E-state index in [2.05, 4.69) is 10.2 Å². The Labute approximate surface area is 112 Å². The molecule has 104 valence electrons. The summed E-state index contributed by atoms with van der Waals surface area (Å²) in [4.78, 5) is 27.9. The van der Waals surface area contributed by atoms with Gasteiger partial charge in [-0.1, -0.05) is 0 Å². The van der Waals surface area contributed by atoms with Crippen LogP contribution in [0.2, 0.25) is 0 Å². The van der Waals surface area contributed by atoms with Crippen LogP contribution in [0.15, 0.2) is 22.8 Å². The van der Waals surface area contributed by atoms with Gasteiger partial charge in [-0.05, 0) is 26.1 Å². The van der Waals surface area contributed by atoms with Gasteiger partial charge in [-0.3, -0.25) is 9.59 Å². The number of amides is 2. The third-order valence-corrected chi connectivity index (χ3v) is 3.28. The van der Waals surface area contributed by atoms with Crippen molar-refractivity contribution in [1.29, 1.82) is 0 Å². The fraction of sp³-hybridized carbons (Fsp3) is 0.538. The molecule has 1 aliphatic rings. The lowest BCUT2D eigenvalue weighted by Gasteiger charge is -2.34. The van der Waals surface area contributed by atoms with Crippen LogP contribution >= 0.6 is 0 Å². The second-order valence-electron chi connectivity index (χ2n) is 4.80. The Hall–Kier alpha value is -1.82. The summed E-state index contributed by atoms with van der Waals surface area (Å²) in [5.74, 6) is -0.189. The van der Waals surface area contributed by atoms with Gasteiger partial charge >= 0.3 is 0 Å². The van der Waals surface area contributed by atoms with Gasteiger partial charge in [0.05, 0.1) is 6.26 Å². The molecule has 6 nitrogen and oxygen atoms in total. The Morgan fingerprint density at radius 2 is 2.00 bits per heavy atom. The summed E-state index contributed by atoms with van der Waals surface area (Å²) >= 11 is 0. The van der Waals surface area contributed by atoms with Crippen LogP contribution in [0.25, 0.3) is 0 Å². The summed E-state index contributed by atoms with van der Waals surface area (Å²) in [6.07, 6.45) is 1.43. The molecule has 0 bridgehead atoms. The quantitative estimate of drug-likeness (QED) is 0.846. The van der Waals surface area contributed by atoms with Gasteiger partial charge < -0.3 is 19.5 Å². The summed E-state index contributed by atoms with van der Waals surface area (Å²) in [7, 11) is 2.03. The van der Waals surface area contributed by atoms with Crippen molar-refractivity contribution in [2.75, 3.05) is 33.2 Å². The number of nitrogens with one attached hydrogen (secondary N) is 1. The van der Waals surface area contributed by atoms with E-state index in [1.54, 1.807) is 24.0 Å². The highest BCUT2D eigenvalue weighted by atomic mass is 16.3. The van der Waals surface area contributed by atoms with E-state index >= 15 is 0 Å². The summed E-state index contributed by atoms with van der Waals surface area (Å²) in [6, 6.07) is 2.67. The van der Waals surface area contributed by atoms with Crippen LogP contribution < -0.4 is 5.32 Å². The van der Waals surface area contributed by atoms with Crippen molar-refractivity contribution in [3.8, 4) is 0 Å². The molecule has 19 heavy (non-hydrogen) atoms. The lowest BCUT2D eigenvalue weighted by molar-refractivity contribution is -0.134. The van der Waals surface area contributed by atoms with E-state index in [4.69, 9.17) is 4.42 Å². The minimum absolute atomic E-state index is 0.0481. The van der Waals surface area contributed by atoms with Gasteiger partial charge in [-0.15, -0.1) is 0 Å². The predicted octanol–water partition coefficient (Wildman–Crippen LogP) is 0.172. The second kappa shape index (κ2) is 5.88. The second-order valence-corrected chi connectivity index (χ2v) is 4.80. The topological polar surface area (TPSA) is 65.8 Å². The Kier molecular flexibility index (Phi) is 4.21. The maximum absolute atomic E-state index is 12.2. The highest BCUT2D eigenvalue weighted by Gasteiger charge is 2.25. The molecule has 1 unspecified atom stereocenters. The van der Waals surface area contributed by atoms with Crippen LogP contribution in [0.1, 0.15) is 17.5 Å². The number of likely N-dealkylation sites (N-methyl/N-ethyl adjacent to an activating group) is 1. The minimum atomic E-state index is -0.541. The molecule has 0 aromatic carbocycles. The number of rotatable bonds is 3. The van der Waals surface area contributed by atoms with Crippen LogP contribution in [0.5, 0.6) is 0 Å². The third kappa shape index (κ3) is 3.35. The molecule has 2 rings (SSSR count). The zero-order chi connectivity index (χ0) is 13.8. The SMILES string of the molecule is CC(NC(=O)c1ccco1)C(=O)N1CCN(C)CC1. The van der Waals surface area contributed by atoms with E-state index in [1.807, 2.05) is 7.05 Å². The number of hydrogen-bond donors (Lipinski definition) is 1. The van der Waals surface area contributed by atoms with Gasteiger partial charge in [-0.25, -0.2) is 0 Å². The molecule has 6 heteroatoms. The molecule has 1 aromatic heterocycles. The minimum Gasteiger partial charge on any atom is -0.459 e. The first kappa shape index (κ1) is 13.6.